The zero-order valence-electron chi connectivity index (χ0n) is 16.8. The van der Waals surface area contributed by atoms with Gasteiger partial charge in [0, 0.05) is 19.3 Å². The largest absolute Gasteiger partial charge is 0.497 e. The maximum atomic E-state index is 12.7. The minimum absolute atomic E-state index is 0.0918. The van der Waals surface area contributed by atoms with Crippen LogP contribution in [0.3, 0.4) is 0 Å². The van der Waals surface area contributed by atoms with Gasteiger partial charge in [-0.15, -0.1) is 0 Å². The van der Waals surface area contributed by atoms with Crippen molar-refractivity contribution in [2.75, 3.05) is 45.2 Å². The van der Waals surface area contributed by atoms with E-state index in [0.717, 1.165) is 23.8 Å². The van der Waals surface area contributed by atoms with Gasteiger partial charge in [-0.05, 0) is 37.3 Å². The Morgan fingerprint density at radius 3 is 2.47 bits per heavy atom. The SMILES string of the molecule is CCNC(=NCCNc1nccc(C(F)(F)F)n1)NCCOc1ccc(OC)cc1. The van der Waals surface area contributed by atoms with Crippen molar-refractivity contribution in [3.05, 3.63) is 42.2 Å². The summed E-state index contributed by atoms with van der Waals surface area (Å²) < 4.78 is 48.7. The van der Waals surface area contributed by atoms with Crippen molar-refractivity contribution in [2.24, 2.45) is 4.99 Å². The minimum atomic E-state index is -4.51. The van der Waals surface area contributed by atoms with E-state index in [1.165, 1.54) is 0 Å². The van der Waals surface area contributed by atoms with Gasteiger partial charge in [-0.1, -0.05) is 0 Å². The van der Waals surface area contributed by atoms with Crippen molar-refractivity contribution in [1.29, 1.82) is 0 Å². The summed E-state index contributed by atoms with van der Waals surface area (Å²) in [7, 11) is 1.60. The molecule has 11 heteroatoms. The Balaban J connectivity index is 1.74. The fraction of sp³-hybridized carbons (Fsp3) is 0.421. The van der Waals surface area contributed by atoms with Crippen LogP contribution in [-0.2, 0) is 6.18 Å². The summed E-state index contributed by atoms with van der Waals surface area (Å²) >= 11 is 0. The summed E-state index contributed by atoms with van der Waals surface area (Å²) in [5.74, 6) is 1.96. The number of benzene rings is 1. The number of ether oxygens (including phenoxy) is 2. The van der Waals surface area contributed by atoms with E-state index >= 15 is 0 Å². The van der Waals surface area contributed by atoms with E-state index in [9.17, 15) is 13.2 Å². The predicted molar refractivity (Wildman–Crippen MR) is 108 cm³/mol. The second-order valence-electron chi connectivity index (χ2n) is 5.90. The van der Waals surface area contributed by atoms with Gasteiger partial charge in [-0.25, -0.2) is 9.97 Å². The highest BCUT2D eigenvalue weighted by molar-refractivity contribution is 5.79. The number of guanidine groups is 1. The average molecular weight is 426 g/mol. The number of methoxy groups -OCH3 is 1. The maximum absolute atomic E-state index is 12.7. The topological polar surface area (TPSA) is 92.7 Å². The van der Waals surface area contributed by atoms with E-state index in [0.29, 0.717) is 32.2 Å². The van der Waals surface area contributed by atoms with Gasteiger partial charge in [0.1, 0.15) is 23.8 Å². The van der Waals surface area contributed by atoms with Crippen LogP contribution < -0.4 is 25.4 Å². The molecule has 0 saturated heterocycles. The lowest BCUT2D eigenvalue weighted by Crippen LogP contribution is -2.39. The number of nitrogens with one attached hydrogen (secondary N) is 3. The van der Waals surface area contributed by atoms with Gasteiger partial charge in [0.25, 0.3) is 0 Å². The molecule has 0 atom stereocenters. The Labute approximate surface area is 172 Å². The molecule has 0 bridgehead atoms. The van der Waals surface area contributed by atoms with Crippen LogP contribution in [0.5, 0.6) is 11.5 Å². The van der Waals surface area contributed by atoms with Gasteiger partial charge < -0.3 is 25.4 Å². The Bertz CT molecular complexity index is 800. The number of aromatic nitrogens is 2. The third-order valence-corrected chi connectivity index (χ3v) is 3.68. The van der Waals surface area contributed by atoms with Crippen LogP contribution >= 0.6 is 0 Å². The van der Waals surface area contributed by atoms with Crippen molar-refractivity contribution in [3.63, 3.8) is 0 Å². The molecule has 8 nitrogen and oxygen atoms in total. The summed E-state index contributed by atoms with van der Waals surface area (Å²) in [6, 6.07) is 8.09. The van der Waals surface area contributed by atoms with Crippen LogP contribution in [0.1, 0.15) is 12.6 Å². The lowest BCUT2D eigenvalue weighted by molar-refractivity contribution is -0.141. The van der Waals surface area contributed by atoms with Gasteiger partial charge in [-0.3, -0.25) is 4.99 Å². The molecule has 164 valence electrons. The third-order valence-electron chi connectivity index (χ3n) is 3.68. The standard InChI is InChI=1S/C19H25F3N6O2/c1-3-23-17(27-12-13-30-15-6-4-14(29-2)5-7-15)25-10-11-26-18-24-9-8-16(28-18)19(20,21)22/h4-9H,3,10-13H2,1-2H3,(H2,23,25,27)(H,24,26,28). The van der Waals surface area contributed by atoms with Crippen molar-refractivity contribution < 1.29 is 22.6 Å². The Morgan fingerprint density at radius 1 is 1.07 bits per heavy atom. The zero-order chi connectivity index (χ0) is 21.8. The molecule has 0 fully saturated rings. The molecule has 2 aromatic rings. The normalized spacial score (nSPS) is 11.7. The van der Waals surface area contributed by atoms with Crippen LogP contribution in [0.2, 0.25) is 0 Å². The van der Waals surface area contributed by atoms with Gasteiger partial charge in [-0.2, -0.15) is 13.2 Å². The highest BCUT2D eigenvalue weighted by Gasteiger charge is 2.32. The van der Waals surface area contributed by atoms with E-state index in [1.807, 2.05) is 31.2 Å². The first-order valence-electron chi connectivity index (χ1n) is 9.35. The zero-order valence-corrected chi connectivity index (χ0v) is 16.8. The van der Waals surface area contributed by atoms with Gasteiger partial charge >= 0.3 is 6.18 Å². The molecular formula is C19H25F3N6O2. The van der Waals surface area contributed by atoms with E-state index in [4.69, 9.17) is 9.47 Å². The molecule has 2 rings (SSSR count). The summed E-state index contributed by atoms with van der Waals surface area (Å²) in [6.07, 6.45) is -3.44. The van der Waals surface area contributed by atoms with Crippen LogP contribution in [0.15, 0.2) is 41.5 Å². The smallest absolute Gasteiger partial charge is 0.433 e. The fourth-order valence-corrected chi connectivity index (χ4v) is 2.29. The van der Waals surface area contributed by atoms with E-state index < -0.39 is 11.9 Å². The predicted octanol–water partition coefficient (Wildman–Crippen LogP) is 2.55. The molecule has 30 heavy (non-hydrogen) atoms. The van der Waals surface area contributed by atoms with Crippen molar-refractivity contribution >= 4 is 11.9 Å². The van der Waals surface area contributed by atoms with E-state index in [1.54, 1.807) is 7.11 Å². The van der Waals surface area contributed by atoms with Gasteiger partial charge in [0.15, 0.2) is 5.96 Å². The Hall–Kier alpha value is -3.24. The lowest BCUT2D eigenvalue weighted by atomic mass is 10.3. The molecule has 0 radical (unpaired) electrons. The molecule has 0 amide bonds. The number of halogens is 3. The number of hydrogen-bond acceptors (Lipinski definition) is 6. The van der Waals surface area contributed by atoms with Crippen LogP contribution in [0.25, 0.3) is 0 Å². The minimum Gasteiger partial charge on any atom is -0.497 e. The highest BCUT2D eigenvalue weighted by atomic mass is 19.4. The first kappa shape index (κ1) is 23.0. The number of rotatable bonds is 10. The molecule has 1 aromatic heterocycles. The first-order chi connectivity index (χ1) is 14.4. The number of nitrogens with zero attached hydrogens (tertiary/aromatic N) is 3. The molecular weight excluding hydrogens is 401 g/mol. The second kappa shape index (κ2) is 11.7. The van der Waals surface area contributed by atoms with Gasteiger partial charge in [0.05, 0.1) is 20.2 Å². The average Bonchev–Trinajstić information content (AvgIpc) is 2.74. The second-order valence-corrected chi connectivity index (χ2v) is 5.90. The molecule has 0 aliphatic rings. The molecule has 1 heterocycles. The first-order valence-corrected chi connectivity index (χ1v) is 9.35. The number of anilines is 1. The number of aliphatic imine (C=N–C) groups is 1. The monoisotopic (exact) mass is 426 g/mol. The van der Waals surface area contributed by atoms with Crippen LogP contribution in [-0.4, -0.2) is 55.8 Å². The summed E-state index contributed by atoms with van der Waals surface area (Å²) in [4.78, 5) is 11.6. The van der Waals surface area contributed by atoms with Crippen LogP contribution in [0, 0.1) is 0 Å². The quantitative estimate of drug-likeness (QED) is 0.305. The number of alkyl halides is 3. The maximum Gasteiger partial charge on any atom is 0.433 e. The molecule has 0 unspecified atom stereocenters. The van der Waals surface area contributed by atoms with Crippen molar-refractivity contribution in [2.45, 2.75) is 13.1 Å². The summed E-state index contributed by atoms with van der Waals surface area (Å²) in [5, 5.41) is 8.94. The molecule has 0 saturated carbocycles. The fourth-order valence-electron chi connectivity index (χ4n) is 2.29. The van der Waals surface area contributed by atoms with Crippen molar-refractivity contribution in [3.8, 4) is 11.5 Å². The van der Waals surface area contributed by atoms with E-state index in [2.05, 4.69) is 30.9 Å². The molecule has 3 N–H and O–H groups in total. The summed E-state index contributed by atoms with van der Waals surface area (Å²) in [5.41, 5.74) is -0.990. The van der Waals surface area contributed by atoms with E-state index in [-0.39, 0.29) is 12.5 Å². The lowest BCUT2D eigenvalue weighted by Gasteiger charge is -2.12. The summed E-state index contributed by atoms with van der Waals surface area (Å²) in [6.45, 7) is 4.12. The molecule has 1 aromatic carbocycles. The third kappa shape index (κ3) is 8.02. The Morgan fingerprint density at radius 2 is 1.80 bits per heavy atom. The molecule has 0 spiro atoms. The van der Waals surface area contributed by atoms with Crippen LogP contribution in [0.4, 0.5) is 19.1 Å². The van der Waals surface area contributed by atoms with Gasteiger partial charge in [0.2, 0.25) is 5.95 Å². The highest BCUT2D eigenvalue weighted by Crippen LogP contribution is 2.27. The van der Waals surface area contributed by atoms with Crippen molar-refractivity contribution in [1.82, 2.24) is 20.6 Å². The molecule has 0 aliphatic carbocycles. The molecule has 0 aliphatic heterocycles. The number of hydrogen-bond donors (Lipinski definition) is 3. The Kier molecular flexibility index (Phi) is 8.98.